The summed E-state index contributed by atoms with van der Waals surface area (Å²) in [5.41, 5.74) is 0.711. The van der Waals surface area contributed by atoms with Crippen molar-refractivity contribution in [2.45, 2.75) is 32.6 Å². The van der Waals surface area contributed by atoms with Crippen LogP contribution in [0.1, 0.15) is 32.6 Å². The van der Waals surface area contributed by atoms with Crippen molar-refractivity contribution in [2.24, 2.45) is 5.41 Å². The molecule has 0 aliphatic heterocycles. The molecule has 0 spiro atoms. The van der Waals surface area contributed by atoms with Gasteiger partial charge in [0.05, 0.1) is 0 Å². The van der Waals surface area contributed by atoms with Crippen LogP contribution in [-0.4, -0.2) is 13.6 Å². The van der Waals surface area contributed by atoms with Gasteiger partial charge in [-0.15, -0.1) is 0 Å². The third kappa shape index (κ3) is 1.68. The molecule has 0 saturated heterocycles. The summed E-state index contributed by atoms with van der Waals surface area (Å²) in [4.78, 5) is 0. The van der Waals surface area contributed by atoms with Gasteiger partial charge < -0.3 is 5.32 Å². The van der Waals surface area contributed by atoms with E-state index in [1.807, 2.05) is 7.05 Å². The monoisotopic (exact) mass is 127 g/mol. The molecule has 1 saturated carbocycles. The number of nitrogens with one attached hydrogen (secondary N) is 1. The van der Waals surface area contributed by atoms with E-state index >= 15 is 0 Å². The van der Waals surface area contributed by atoms with Gasteiger partial charge in [-0.3, -0.25) is 0 Å². The van der Waals surface area contributed by atoms with Crippen molar-refractivity contribution in [2.75, 3.05) is 13.6 Å². The first kappa shape index (κ1) is 7.07. The number of rotatable bonds is 3. The average Bonchev–Trinajstić information content (AvgIpc) is 1.79. The largest absolute Gasteiger partial charge is 0.320 e. The van der Waals surface area contributed by atoms with Crippen molar-refractivity contribution in [3.63, 3.8) is 0 Å². The zero-order chi connectivity index (χ0) is 6.74. The fraction of sp³-hybridized carbons (Fsp3) is 1.00. The fourth-order valence-corrected chi connectivity index (χ4v) is 1.46. The van der Waals surface area contributed by atoms with Crippen molar-refractivity contribution in [3.8, 4) is 0 Å². The maximum atomic E-state index is 3.19. The van der Waals surface area contributed by atoms with Crippen LogP contribution in [0.4, 0.5) is 0 Å². The molecule has 1 rings (SSSR count). The number of hydrogen-bond acceptors (Lipinski definition) is 1. The van der Waals surface area contributed by atoms with E-state index in [0.29, 0.717) is 5.41 Å². The molecule has 0 aromatic heterocycles. The van der Waals surface area contributed by atoms with Crippen LogP contribution in [-0.2, 0) is 0 Å². The highest BCUT2D eigenvalue weighted by molar-refractivity contribution is 4.83. The molecular formula is C8H17N. The average molecular weight is 127 g/mol. The lowest BCUT2D eigenvalue weighted by atomic mass is 9.68. The molecule has 1 N–H and O–H groups in total. The van der Waals surface area contributed by atoms with Crippen molar-refractivity contribution in [3.05, 3.63) is 0 Å². The van der Waals surface area contributed by atoms with Gasteiger partial charge in [0, 0.05) is 0 Å². The van der Waals surface area contributed by atoms with Gasteiger partial charge in [0.15, 0.2) is 0 Å². The Hall–Kier alpha value is -0.0400. The van der Waals surface area contributed by atoms with Crippen LogP contribution < -0.4 is 5.32 Å². The van der Waals surface area contributed by atoms with Crippen LogP contribution in [0, 0.1) is 5.41 Å². The first-order valence-electron chi connectivity index (χ1n) is 3.91. The molecular weight excluding hydrogens is 110 g/mol. The van der Waals surface area contributed by atoms with Crippen LogP contribution in [0.2, 0.25) is 0 Å². The van der Waals surface area contributed by atoms with E-state index < -0.39 is 0 Å². The van der Waals surface area contributed by atoms with E-state index in [1.165, 1.54) is 32.2 Å². The standard InChI is InChI=1S/C8H17N/c1-8(4-3-5-8)6-7-9-2/h9H,3-7H2,1-2H3. The Morgan fingerprint density at radius 2 is 2.11 bits per heavy atom. The molecule has 54 valence electrons. The summed E-state index contributed by atoms with van der Waals surface area (Å²) < 4.78 is 0. The maximum absolute atomic E-state index is 3.19. The van der Waals surface area contributed by atoms with E-state index in [2.05, 4.69) is 12.2 Å². The van der Waals surface area contributed by atoms with E-state index in [-0.39, 0.29) is 0 Å². The molecule has 0 radical (unpaired) electrons. The first-order chi connectivity index (χ1) is 4.27. The van der Waals surface area contributed by atoms with E-state index in [4.69, 9.17) is 0 Å². The molecule has 0 amide bonds. The van der Waals surface area contributed by atoms with Crippen LogP contribution in [0.25, 0.3) is 0 Å². The molecule has 0 aromatic rings. The van der Waals surface area contributed by atoms with Gasteiger partial charge in [0.2, 0.25) is 0 Å². The molecule has 1 nitrogen and oxygen atoms in total. The highest BCUT2D eigenvalue weighted by Crippen LogP contribution is 2.42. The van der Waals surface area contributed by atoms with E-state index in [1.54, 1.807) is 0 Å². The van der Waals surface area contributed by atoms with Crippen LogP contribution in [0.3, 0.4) is 0 Å². The molecule has 0 atom stereocenters. The minimum Gasteiger partial charge on any atom is -0.320 e. The Balaban J connectivity index is 2.09. The zero-order valence-electron chi connectivity index (χ0n) is 6.54. The van der Waals surface area contributed by atoms with Crippen molar-refractivity contribution >= 4 is 0 Å². The minimum atomic E-state index is 0.711. The van der Waals surface area contributed by atoms with Crippen LogP contribution in [0.5, 0.6) is 0 Å². The highest BCUT2D eigenvalue weighted by Gasteiger charge is 2.30. The van der Waals surface area contributed by atoms with Gasteiger partial charge >= 0.3 is 0 Å². The molecule has 1 heteroatoms. The molecule has 0 unspecified atom stereocenters. The van der Waals surface area contributed by atoms with Gasteiger partial charge in [-0.05, 0) is 38.3 Å². The summed E-state index contributed by atoms with van der Waals surface area (Å²) >= 11 is 0. The lowest BCUT2D eigenvalue weighted by Gasteiger charge is -2.38. The summed E-state index contributed by atoms with van der Waals surface area (Å²) in [6, 6.07) is 0. The summed E-state index contributed by atoms with van der Waals surface area (Å²) in [6.07, 6.45) is 5.73. The number of hydrogen-bond donors (Lipinski definition) is 1. The van der Waals surface area contributed by atoms with Gasteiger partial charge in [-0.1, -0.05) is 13.3 Å². The summed E-state index contributed by atoms with van der Waals surface area (Å²) in [6.45, 7) is 3.59. The van der Waals surface area contributed by atoms with Gasteiger partial charge in [-0.25, -0.2) is 0 Å². The molecule has 0 heterocycles. The Kier molecular flexibility index (Phi) is 2.12. The van der Waals surface area contributed by atoms with Gasteiger partial charge in [0.25, 0.3) is 0 Å². The van der Waals surface area contributed by atoms with Crippen molar-refractivity contribution in [1.82, 2.24) is 5.32 Å². The normalized spacial score (nSPS) is 23.3. The Morgan fingerprint density at radius 1 is 1.44 bits per heavy atom. The maximum Gasteiger partial charge on any atom is -0.00467 e. The highest BCUT2D eigenvalue weighted by atomic mass is 14.8. The van der Waals surface area contributed by atoms with Gasteiger partial charge in [0.1, 0.15) is 0 Å². The Labute approximate surface area is 57.8 Å². The third-order valence-electron chi connectivity index (χ3n) is 2.54. The van der Waals surface area contributed by atoms with E-state index in [0.717, 1.165) is 0 Å². The summed E-state index contributed by atoms with van der Waals surface area (Å²) in [5, 5.41) is 3.19. The second-order valence-corrected chi connectivity index (χ2v) is 3.52. The Bertz CT molecular complexity index is 84.6. The molecule has 0 aromatic carbocycles. The second kappa shape index (κ2) is 2.70. The quantitative estimate of drug-likeness (QED) is 0.609. The molecule has 9 heavy (non-hydrogen) atoms. The summed E-state index contributed by atoms with van der Waals surface area (Å²) in [5.74, 6) is 0. The summed E-state index contributed by atoms with van der Waals surface area (Å²) in [7, 11) is 2.03. The van der Waals surface area contributed by atoms with E-state index in [9.17, 15) is 0 Å². The Morgan fingerprint density at radius 3 is 2.44 bits per heavy atom. The molecule has 1 aliphatic carbocycles. The fourth-order valence-electron chi connectivity index (χ4n) is 1.46. The first-order valence-corrected chi connectivity index (χ1v) is 3.91. The van der Waals surface area contributed by atoms with Crippen molar-refractivity contribution < 1.29 is 0 Å². The second-order valence-electron chi connectivity index (χ2n) is 3.52. The van der Waals surface area contributed by atoms with Crippen LogP contribution in [0.15, 0.2) is 0 Å². The smallest absolute Gasteiger partial charge is 0.00467 e. The lowest BCUT2D eigenvalue weighted by Crippen LogP contribution is -2.29. The lowest BCUT2D eigenvalue weighted by molar-refractivity contribution is 0.147. The molecule has 1 aliphatic rings. The topological polar surface area (TPSA) is 12.0 Å². The van der Waals surface area contributed by atoms with Gasteiger partial charge in [-0.2, -0.15) is 0 Å². The molecule has 0 bridgehead atoms. The minimum absolute atomic E-state index is 0.711. The predicted molar refractivity (Wildman–Crippen MR) is 40.5 cm³/mol. The van der Waals surface area contributed by atoms with Crippen LogP contribution >= 0.6 is 0 Å². The zero-order valence-corrected chi connectivity index (χ0v) is 6.54. The predicted octanol–water partition coefficient (Wildman–Crippen LogP) is 1.79. The molecule has 1 fully saturated rings. The third-order valence-corrected chi connectivity index (χ3v) is 2.54. The SMILES string of the molecule is CNCCC1(C)CCC1. The van der Waals surface area contributed by atoms with Crippen molar-refractivity contribution in [1.29, 1.82) is 0 Å².